The van der Waals surface area contributed by atoms with Gasteiger partial charge in [0.15, 0.2) is 0 Å². The zero-order valence-electron chi connectivity index (χ0n) is 10.3. The minimum absolute atomic E-state index is 0.0204. The maximum absolute atomic E-state index is 12.2. The summed E-state index contributed by atoms with van der Waals surface area (Å²) in [5, 5.41) is 0.641. The van der Waals surface area contributed by atoms with E-state index in [1.165, 1.54) is 6.42 Å². The van der Waals surface area contributed by atoms with Gasteiger partial charge in [-0.2, -0.15) is 11.8 Å². The fraction of sp³-hybridized carbons (Fsp3) is 0.923. The first-order valence-corrected chi connectivity index (χ1v) is 7.10. The highest BCUT2D eigenvalue weighted by Gasteiger charge is 2.63. The van der Waals surface area contributed by atoms with Gasteiger partial charge in [-0.3, -0.25) is 4.79 Å². The fourth-order valence-corrected chi connectivity index (χ4v) is 4.71. The Bertz CT molecular complexity index is 282. The summed E-state index contributed by atoms with van der Waals surface area (Å²) in [6.45, 7) is 9.08. The molecule has 0 saturated heterocycles. The number of ketones is 1. The van der Waals surface area contributed by atoms with Gasteiger partial charge in [0.25, 0.3) is 0 Å². The molecule has 2 saturated carbocycles. The molecule has 2 aliphatic carbocycles. The van der Waals surface area contributed by atoms with Crippen LogP contribution in [0.1, 0.15) is 47.0 Å². The fourth-order valence-electron chi connectivity index (χ4n) is 3.42. The van der Waals surface area contributed by atoms with Crippen LogP contribution in [0.4, 0.5) is 0 Å². The SMILES string of the molecule is CC(C)SC[C@]12CC[C@H](CC1=O)C2(C)C. The van der Waals surface area contributed by atoms with E-state index in [1.54, 1.807) is 0 Å². The summed E-state index contributed by atoms with van der Waals surface area (Å²) in [5.41, 5.74) is 0.276. The molecule has 0 spiro atoms. The van der Waals surface area contributed by atoms with E-state index < -0.39 is 0 Å². The zero-order chi connectivity index (χ0) is 11.3. The van der Waals surface area contributed by atoms with Gasteiger partial charge in [-0.15, -0.1) is 0 Å². The van der Waals surface area contributed by atoms with E-state index in [4.69, 9.17) is 0 Å². The van der Waals surface area contributed by atoms with E-state index in [2.05, 4.69) is 27.7 Å². The number of carbonyl (C=O) groups is 1. The average Bonchev–Trinajstić information content (AvgIpc) is 2.47. The third-order valence-corrected chi connectivity index (χ3v) is 6.13. The van der Waals surface area contributed by atoms with Gasteiger partial charge < -0.3 is 0 Å². The predicted molar refractivity (Wildman–Crippen MR) is 66.2 cm³/mol. The summed E-state index contributed by atoms with van der Waals surface area (Å²) in [7, 11) is 0. The average molecular weight is 226 g/mol. The second-order valence-electron chi connectivity index (χ2n) is 6.03. The third-order valence-electron chi connectivity index (χ3n) is 4.80. The Morgan fingerprint density at radius 3 is 2.53 bits per heavy atom. The molecule has 2 fully saturated rings. The van der Waals surface area contributed by atoms with Crippen LogP contribution in [0.3, 0.4) is 0 Å². The van der Waals surface area contributed by atoms with E-state index in [9.17, 15) is 4.79 Å². The molecule has 1 nitrogen and oxygen atoms in total. The van der Waals surface area contributed by atoms with E-state index in [1.807, 2.05) is 11.8 Å². The topological polar surface area (TPSA) is 17.1 Å². The molecule has 0 amide bonds. The van der Waals surface area contributed by atoms with Crippen molar-refractivity contribution in [1.82, 2.24) is 0 Å². The maximum atomic E-state index is 12.2. The Balaban J connectivity index is 2.20. The van der Waals surface area contributed by atoms with Crippen molar-refractivity contribution in [1.29, 1.82) is 0 Å². The van der Waals surface area contributed by atoms with Crippen LogP contribution in [0.15, 0.2) is 0 Å². The summed E-state index contributed by atoms with van der Waals surface area (Å²) in [4.78, 5) is 12.2. The first kappa shape index (κ1) is 11.5. The quantitative estimate of drug-likeness (QED) is 0.732. The van der Waals surface area contributed by atoms with Crippen LogP contribution in [0.25, 0.3) is 0 Å². The van der Waals surface area contributed by atoms with Gasteiger partial charge in [0, 0.05) is 17.6 Å². The Kier molecular flexibility index (Phi) is 2.69. The van der Waals surface area contributed by atoms with Crippen molar-refractivity contribution in [2.75, 3.05) is 5.75 Å². The molecule has 0 aliphatic heterocycles. The van der Waals surface area contributed by atoms with Crippen LogP contribution >= 0.6 is 11.8 Å². The molecule has 2 heteroatoms. The largest absolute Gasteiger partial charge is 0.299 e. The van der Waals surface area contributed by atoms with Gasteiger partial charge in [-0.1, -0.05) is 27.7 Å². The lowest BCUT2D eigenvalue weighted by Crippen LogP contribution is -2.38. The predicted octanol–water partition coefficient (Wildman–Crippen LogP) is 3.52. The molecule has 2 atom stereocenters. The number of fused-ring (bicyclic) bond motifs is 2. The monoisotopic (exact) mass is 226 g/mol. The van der Waals surface area contributed by atoms with Crippen molar-refractivity contribution >= 4 is 17.5 Å². The first-order valence-electron chi connectivity index (χ1n) is 6.05. The van der Waals surface area contributed by atoms with Gasteiger partial charge in [0.1, 0.15) is 5.78 Å². The minimum Gasteiger partial charge on any atom is -0.299 e. The molecule has 0 heterocycles. The Labute approximate surface area is 97.4 Å². The van der Waals surface area contributed by atoms with Crippen molar-refractivity contribution in [2.45, 2.75) is 52.2 Å². The van der Waals surface area contributed by atoms with Crippen molar-refractivity contribution in [2.24, 2.45) is 16.7 Å². The third kappa shape index (κ3) is 1.48. The lowest BCUT2D eigenvalue weighted by molar-refractivity contribution is -0.127. The highest BCUT2D eigenvalue weighted by atomic mass is 32.2. The first-order chi connectivity index (χ1) is 6.90. The van der Waals surface area contributed by atoms with Crippen LogP contribution in [-0.4, -0.2) is 16.8 Å². The summed E-state index contributed by atoms with van der Waals surface area (Å²) < 4.78 is 0. The molecule has 2 aliphatic rings. The molecule has 0 aromatic heterocycles. The van der Waals surface area contributed by atoms with Gasteiger partial charge >= 0.3 is 0 Å². The van der Waals surface area contributed by atoms with E-state index >= 15 is 0 Å². The smallest absolute Gasteiger partial charge is 0.140 e. The minimum atomic E-state index is 0.0204. The van der Waals surface area contributed by atoms with Crippen LogP contribution < -0.4 is 0 Å². The van der Waals surface area contributed by atoms with Gasteiger partial charge in [0.05, 0.1) is 0 Å². The zero-order valence-corrected chi connectivity index (χ0v) is 11.1. The Hall–Kier alpha value is 0.0200. The van der Waals surface area contributed by atoms with E-state index in [0.717, 1.165) is 18.6 Å². The van der Waals surface area contributed by atoms with Crippen LogP contribution in [0.2, 0.25) is 0 Å². The number of thioether (sulfide) groups is 1. The summed E-state index contributed by atoms with van der Waals surface area (Å²) in [5.74, 6) is 2.27. The van der Waals surface area contributed by atoms with Crippen LogP contribution in [-0.2, 0) is 4.79 Å². The van der Waals surface area contributed by atoms with E-state index in [-0.39, 0.29) is 10.8 Å². The lowest BCUT2D eigenvalue weighted by Gasteiger charge is -2.36. The van der Waals surface area contributed by atoms with Crippen molar-refractivity contribution in [3.05, 3.63) is 0 Å². The molecule has 2 bridgehead atoms. The lowest BCUT2D eigenvalue weighted by atomic mass is 9.70. The van der Waals surface area contributed by atoms with E-state index in [0.29, 0.717) is 17.0 Å². The van der Waals surface area contributed by atoms with Gasteiger partial charge in [-0.05, 0) is 29.4 Å². The number of Topliss-reactive ketones (excluding diaryl/α,β-unsaturated/α-hetero) is 1. The Morgan fingerprint density at radius 2 is 2.13 bits per heavy atom. The molecule has 86 valence electrons. The normalized spacial score (nSPS) is 37.9. The second kappa shape index (κ2) is 3.51. The molecular weight excluding hydrogens is 204 g/mol. The molecule has 0 aromatic carbocycles. The van der Waals surface area contributed by atoms with Crippen molar-refractivity contribution < 1.29 is 4.79 Å². The highest BCUT2D eigenvalue weighted by Crippen LogP contribution is 2.64. The summed E-state index contributed by atoms with van der Waals surface area (Å²) >= 11 is 1.96. The van der Waals surface area contributed by atoms with Gasteiger partial charge in [0.2, 0.25) is 0 Å². The molecule has 2 rings (SSSR count). The number of hydrogen-bond acceptors (Lipinski definition) is 2. The standard InChI is InChI=1S/C13H22OS/c1-9(2)15-8-13-6-5-10(7-11(13)14)12(13,3)4/h9-10H,5-8H2,1-4H3/t10-,13-/m1/s1. The number of rotatable bonds is 3. The molecule has 0 N–H and O–H groups in total. The van der Waals surface area contributed by atoms with Crippen LogP contribution in [0, 0.1) is 16.7 Å². The van der Waals surface area contributed by atoms with Crippen LogP contribution in [0.5, 0.6) is 0 Å². The number of carbonyl (C=O) groups excluding carboxylic acids is 1. The molecule has 0 aromatic rings. The number of hydrogen-bond donors (Lipinski definition) is 0. The van der Waals surface area contributed by atoms with Gasteiger partial charge in [-0.25, -0.2) is 0 Å². The van der Waals surface area contributed by atoms with Crippen molar-refractivity contribution in [3.8, 4) is 0 Å². The maximum Gasteiger partial charge on any atom is 0.140 e. The van der Waals surface area contributed by atoms with Crippen molar-refractivity contribution in [3.63, 3.8) is 0 Å². The molecular formula is C13H22OS. The molecule has 0 radical (unpaired) electrons. The second-order valence-corrected chi connectivity index (χ2v) is 7.59. The molecule has 15 heavy (non-hydrogen) atoms. The molecule has 0 unspecified atom stereocenters. The summed E-state index contributed by atoms with van der Waals surface area (Å²) in [6.07, 6.45) is 3.27. The highest BCUT2D eigenvalue weighted by molar-refractivity contribution is 7.99. The summed E-state index contributed by atoms with van der Waals surface area (Å²) in [6, 6.07) is 0. The Morgan fingerprint density at radius 1 is 1.47 bits per heavy atom.